The molecule has 0 radical (unpaired) electrons. The summed E-state index contributed by atoms with van der Waals surface area (Å²) in [5, 5.41) is 7.06. The molecule has 2 N–H and O–H groups in total. The minimum atomic E-state index is -0.177. The third-order valence-corrected chi connectivity index (χ3v) is 3.54. The van der Waals surface area contributed by atoms with Gasteiger partial charge in [0, 0.05) is 26.2 Å². The van der Waals surface area contributed by atoms with Gasteiger partial charge < -0.3 is 15.5 Å². The average molecular weight is 281 g/mol. The fraction of sp³-hybridized carbons (Fsp3) is 0.583. The molecule has 1 aromatic rings. The van der Waals surface area contributed by atoms with Crippen LogP contribution in [0.4, 0.5) is 11.6 Å². The molecule has 1 aliphatic rings. The molecule has 19 heavy (non-hydrogen) atoms. The maximum Gasteiger partial charge on any atom is 0.244 e. The Hall–Kier alpha value is -1.50. The SMILES string of the molecule is CCNc1cc(NC2CCN(C)C2=O)nc(SC)n1. The number of carbonyl (C=O) groups excluding carboxylic acids is 1. The lowest BCUT2D eigenvalue weighted by atomic mass is 10.2. The summed E-state index contributed by atoms with van der Waals surface area (Å²) >= 11 is 1.48. The van der Waals surface area contributed by atoms with Crippen molar-refractivity contribution in [2.75, 3.05) is 37.0 Å². The number of nitrogens with one attached hydrogen (secondary N) is 2. The number of rotatable bonds is 5. The lowest BCUT2D eigenvalue weighted by molar-refractivity contribution is -0.127. The maximum atomic E-state index is 11.9. The topological polar surface area (TPSA) is 70.2 Å². The van der Waals surface area contributed by atoms with Crippen LogP contribution in [-0.2, 0) is 4.79 Å². The molecule has 2 rings (SSSR count). The van der Waals surface area contributed by atoms with Crippen LogP contribution in [0.15, 0.2) is 11.2 Å². The van der Waals surface area contributed by atoms with Gasteiger partial charge in [-0.15, -0.1) is 0 Å². The van der Waals surface area contributed by atoms with Gasteiger partial charge in [-0.1, -0.05) is 11.8 Å². The van der Waals surface area contributed by atoms with E-state index in [4.69, 9.17) is 0 Å². The summed E-state index contributed by atoms with van der Waals surface area (Å²) < 4.78 is 0. The van der Waals surface area contributed by atoms with Gasteiger partial charge in [-0.25, -0.2) is 9.97 Å². The van der Waals surface area contributed by atoms with E-state index in [0.29, 0.717) is 11.0 Å². The van der Waals surface area contributed by atoms with Gasteiger partial charge in [0.15, 0.2) is 5.16 Å². The molecule has 0 bridgehead atoms. The lowest BCUT2D eigenvalue weighted by Crippen LogP contribution is -2.31. The largest absolute Gasteiger partial charge is 0.370 e. The van der Waals surface area contributed by atoms with Crippen molar-refractivity contribution in [2.24, 2.45) is 0 Å². The van der Waals surface area contributed by atoms with E-state index in [9.17, 15) is 4.79 Å². The molecule has 0 aromatic carbocycles. The van der Waals surface area contributed by atoms with Crippen LogP contribution in [0.5, 0.6) is 0 Å². The van der Waals surface area contributed by atoms with Gasteiger partial charge in [-0.3, -0.25) is 4.79 Å². The van der Waals surface area contributed by atoms with Crippen molar-refractivity contribution in [2.45, 2.75) is 24.5 Å². The predicted molar refractivity (Wildman–Crippen MR) is 77.6 cm³/mol. The first-order valence-corrected chi connectivity index (χ1v) is 7.55. The number of amides is 1. The molecule has 1 atom stereocenters. The van der Waals surface area contributed by atoms with Gasteiger partial charge in [0.1, 0.15) is 17.7 Å². The molecule has 1 aliphatic heterocycles. The third-order valence-electron chi connectivity index (χ3n) is 3.00. The van der Waals surface area contributed by atoms with Crippen LogP contribution in [0.1, 0.15) is 13.3 Å². The Morgan fingerprint density at radius 3 is 2.79 bits per heavy atom. The molecule has 0 spiro atoms. The normalized spacial score (nSPS) is 18.8. The van der Waals surface area contributed by atoms with Gasteiger partial charge >= 0.3 is 0 Å². The Balaban J connectivity index is 2.15. The number of thioether (sulfide) groups is 1. The molecule has 104 valence electrons. The first-order chi connectivity index (χ1) is 9.13. The van der Waals surface area contributed by atoms with E-state index in [1.54, 1.807) is 4.90 Å². The highest BCUT2D eigenvalue weighted by molar-refractivity contribution is 7.98. The quantitative estimate of drug-likeness (QED) is 0.626. The van der Waals surface area contributed by atoms with Crippen molar-refractivity contribution < 1.29 is 4.79 Å². The monoisotopic (exact) mass is 281 g/mol. The van der Waals surface area contributed by atoms with Crippen molar-refractivity contribution in [1.29, 1.82) is 0 Å². The Morgan fingerprint density at radius 2 is 2.21 bits per heavy atom. The average Bonchev–Trinajstić information content (AvgIpc) is 2.71. The second kappa shape index (κ2) is 6.10. The van der Waals surface area contributed by atoms with Crippen LogP contribution in [0, 0.1) is 0 Å². The minimum absolute atomic E-state index is 0.120. The molecule has 1 unspecified atom stereocenters. The van der Waals surface area contributed by atoms with Crippen molar-refractivity contribution in [3.05, 3.63) is 6.07 Å². The van der Waals surface area contributed by atoms with E-state index in [-0.39, 0.29) is 11.9 Å². The highest BCUT2D eigenvalue weighted by Gasteiger charge is 2.29. The summed E-state index contributed by atoms with van der Waals surface area (Å²) in [6.45, 7) is 3.61. The molecule has 0 saturated carbocycles. The summed E-state index contributed by atoms with van der Waals surface area (Å²) in [6.07, 6.45) is 2.74. The third kappa shape index (κ3) is 3.28. The van der Waals surface area contributed by atoms with Crippen LogP contribution in [0.3, 0.4) is 0 Å². The number of nitrogens with zero attached hydrogens (tertiary/aromatic N) is 3. The van der Waals surface area contributed by atoms with Crippen molar-refractivity contribution in [3.63, 3.8) is 0 Å². The van der Waals surface area contributed by atoms with E-state index in [1.807, 2.05) is 26.3 Å². The molecule has 2 heterocycles. The van der Waals surface area contributed by atoms with Gasteiger partial charge in [-0.2, -0.15) is 0 Å². The highest BCUT2D eigenvalue weighted by atomic mass is 32.2. The zero-order valence-corrected chi connectivity index (χ0v) is 12.3. The summed E-state index contributed by atoms with van der Waals surface area (Å²) in [5.41, 5.74) is 0. The molecule has 1 amide bonds. The molecule has 1 aromatic heterocycles. The van der Waals surface area contributed by atoms with Crippen LogP contribution in [0.25, 0.3) is 0 Å². The summed E-state index contributed by atoms with van der Waals surface area (Å²) in [5.74, 6) is 1.60. The molecule has 1 saturated heterocycles. The summed E-state index contributed by atoms with van der Waals surface area (Å²) in [4.78, 5) is 22.4. The molecular formula is C12H19N5OS. The highest BCUT2D eigenvalue weighted by Crippen LogP contribution is 2.20. The number of aromatic nitrogens is 2. The van der Waals surface area contributed by atoms with E-state index in [0.717, 1.165) is 25.3 Å². The number of carbonyl (C=O) groups is 1. The first-order valence-electron chi connectivity index (χ1n) is 6.32. The Labute approximate surface area is 117 Å². The molecule has 7 heteroatoms. The zero-order valence-electron chi connectivity index (χ0n) is 11.4. The fourth-order valence-corrected chi connectivity index (χ4v) is 2.38. The van der Waals surface area contributed by atoms with Crippen molar-refractivity contribution in [1.82, 2.24) is 14.9 Å². The Bertz CT molecular complexity index is 467. The number of anilines is 2. The van der Waals surface area contributed by atoms with E-state index in [1.165, 1.54) is 11.8 Å². The van der Waals surface area contributed by atoms with E-state index < -0.39 is 0 Å². The summed E-state index contributed by atoms with van der Waals surface area (Å²) in [6, 6.07) is 1.67. The van der Waals surface area contributed by atoms with Crippen molar-refractivity contribution >= 4 is 29.3 Å². The summed E-state index contributed by atoms with van der Waals surface area (Å²) in [7, 11) is 1.82. The molecule has 6 nitrogen and oxygen atoms in total. The zero-order chi connectivity index (χ0) is 13.8. The van der Waals surface area contributed by atoms with Gasteiger partial charge in [0.25, 0.3) is 0 Å². The Morgan fingerprint density at radius 1 is 1.47 bits per heavy atom. The Kier molecular flexibility index (Phi) is 4.47. The lowest BCUT2D eigenvalue weighted by Gasteiger charge is -2.14. The van der Waals surface area contributed by atoms with E-state index in [2.05, 4.69) is 20.6 Å². The van der Waals surface area contributed by atoms with Crippen LogP contribution in [0.2, 0.25) is 0 Å². The van der Waals surface area contributed by atoms with Gasteiger partial charge in [-0.05, 0) is 19.6 Å². The molecule has 1 fully saturated rings. The fourth-order valence-electron chi connectivity index (χ4n) is 2.00. The number of likely N-dealkylation sites (tertiary alicyclic amines) is 1. The van der Waals surface area contributed by atoms with Crippen LogP contribution >= 0.6 is 11.8 Å². The van der Waals surface area contributed by atoms with Gasteiger partial charge in [0.05, 0.1) is 0 Å². The number of hydrogen-bond acceptors (Lipinski definition) is 6. The van der Waals surface area contributed by atoms with Gasteiger partial charge in [0.2, 0.25) is 5.91 Å². The second-order valence-corrected chi connectivity index (χ2v) is 5.17. The van der Waals surface area contributed by atoms with Crippen LogP contribution < -0.4 is 10.6 Å². The number of likely N-dealkylation sites (N-methyl/N-ethyl adjacent to an activating group) is 1. The minimum Gasteiger partial charge on any atom is -0.370 e. The smallest absolute Gasteiger partial charge is 0.244 e. The van der Waals surface area contributed by atoms with E-state index >= 15 is 0 Å². The first kappa shape index (κ1) is 13.9. The number of hydrogen-bond donors (Lipinski definition) is 2. The van der Waals surface area contributed by atoms with Crippen LogP contribution in [-0.4, -0.2) is 53.2 Å². The molecule has 0 aliphatic carbocycles. The van der Waals surface area contributed by atoms with Crippen molar-refractivity contribution in [3.8, 4) is 0 Å². The second-order valence-electron chi connectivity index (χ2n) is 4.40. The standard InChI is InChI=1S/C12H19N5OS/c1-4-13-9-7-10(16-12(15-9)19-3)14-8-5-6-17(2)11(8)18/h7-8H,4-6H2,1-3H3,(H2,13,14,15,16). The maximum absolute atomic E-state index is 11.9. The predicted octanol–water partition coefficient (Wildman–Crippen LogP) is 1.27. The molecular weight excluding hydrogens is 262 g/mol.